The van der Waals surface area contributed by atoms with Crippen LogP contribution >= 0.6 is 11.8 Å². The first-order chi connectivity index (χ1) is 13.8. The lowest BCUT2D eigenvalue weighted by molar-refractivity contribution is -0.143. The second-order valence-corrected chi connectivity index (χ2v) is 10.5. The number of hydrogen-bond acceptors (Lipinski definition) is 5. The van der Waals surface area contributed by atoms with Crippen molar-refractivity contribution in [3.8, 4) is 0 Å². The standard InChI is InChI=1S/C24H44O4S/c1-5-7-17-24(3,4)22(26)18-29-21-16-15-20(25)19(21)13-11-9-8-10-12-14-23(27)28-6-2/h19,21-22,26H,5-18H2,1-4H3. The van der Waals surface area contributed by atoms with E-state index in [0.29, 0.717) is 30.5 Å². The highest BCUT2D eigenvalue weighted by molar-refractivity contribution is 8.00. The van der Waals surface area contributed by atoms with Crippen LogP contribution in [0.3, 0.4) is 0 Å². The third-order valence-electron chi connectivity index (χ3n) is 6.28. The second kappa shape index (κ2) is 14.5. The molecule has 0 aromatic carbocycles. The summed E-state index contributed by atoms with van der Waals surface area (Å²) < 4.78 is 4.94. The van der Waals surface area contributed by atoms with Gasteiger partial charge in [0.2, 0.25) is 0 Å². The van der Waals surface area contributed by atoms with Crippen LogP contribution in [0.4, 0.5) is 0 Å². The Hall–Kier alpha value is -0.550. The van der Waals surface area contributed by atoms with Crippen LogP contribution in [-0.2, 0) is 14.3 Å². The Morgan fingerprint density at radius 3 is 2.55 bits per heavy atom. The van der Waals surface area contributed by atoms with Crippen LogP contribution in [0.25, 0.3) is 0 Å². The van der Waals surface area contributed by atoms with Gasteiger partial charge in [-0.25, -0.2) is 0 Å². The number of thioether (sulfide) groups is 1. The van der Waals surface area contributed by atoms with Crippen LogP contribution in [0.1, 0.15) is 105 Å². The van der Waals surface area contributed by atoms with Gasteiger partial charge in [0.25, 0.3) is 0 Å². The molecule has 0 saturated heterocycles. The average Bonchev–Trinajstić information content (AvgIpc) is 3.03. The van der Waals surface area contributed by atoms with Crippen LogP contribution in [0.2, 0.25) is 0 Å². The predicted octanol–water partition coefficient (Wildman–Crippen LogP) is 5.94. The van der Waals surface area contributed by atoms with Gasteiger partial charge < -0.3 is 9.84 Å². The molecule has 0 aliphatic heterocycles. The third kappa shape index (κ3) is 10.3. The molecule has 3 atom stereocenters. The van der Waals surface area contributed by atoms with Gasteiger partial charge in [-0.15, -0.1) is 0 Å². The maximum Gasteiger partial charge on any atom is 0.305 e. The Bertz CT molecular complexity index is 478. The summed E-state index contributed by atoms with van der Waals surface area (Å²) in [6.45, 7) is 8.80. The first-order valence-electron chi connectivity index (χ1n) is 11.8. The van der Waals surface area contributed by atoms with Gasteiger partial charge in [0.1, 0.15) is 5.78 Å². The fourth-order valence-electron chi connectivity index (χ4n) is 4.06. The number of ether oxygens (including phenoxy) is 1. The van der Waals surface area contributed by atoms with E-state index in [9.17, 15) is 14.7 Å². The Labute approximate surface area is 182 Å². The predicted molar refractivity (Wildman–Crippen MR) is 122 cm³/mol. The van der Waals surface area contributed by atoms with Gasteiger partial charge in [-0.2, -0.15) is 11.8 Å². The van der Waals surface area contributed by atoms with Gasteiger partial charge in [-0.1, -0.05) is 59.3 Å². The minimum absolute atomic E-state index is 0.0509. The van der Waals surface area contributed by atoms with Gasteiger partial charge >= 0.3 is 5.97 Å². The van der Waals surface area contributed by atoms with E-state index in [-0.39, 0.29) is 23.4 Å². The van der Waals surface area contributed by atoms with Gasteiger partial charge in [0.05, 0.1) is 12.7 Å². The highest BCUT2D eigenvalue weighted by atomic mass is 32.2. The maximum absolute atomic E-state index is 12.3. The minimum Gasteiger partial charge on any atom is -0.466 e. The van der Waals surface area contributed by atoms with E-state index in [1.807, 2.05) is 18.7 Å². The molecule has 1 aliphatic carbocycles. The molecule has 0 aromatic rings. The zero-order valence-corrected chi connectivity index (χ0v) is 20.0. The molecule has 1 fully saturated rings. The Morgan fingerprint density at radius 2 is 1.86 bits per heavy atom. The summed E-state index contributed by atoms with van der Waals surface area (Å²) in [4.78, 5) is 23.7. The normalized spacial score (nSPS) is 20.8. The number of ketones is 1. The van der Waals surface area contributed by atoms with Crippen molar-refractivity contribution < 1.29 is 19.4 Å². The number of hydrogen-bond donors (Lipinski definition) is 1. The monoisotopic (exact) mass is 428 g/mol. The van der Waals surface area contributed by atoms with Crippen molar-refractivity contribution in [1.29, 1.82) is 0 Å². The third-order valence-corrected chi connectivity index (χ3v) is 7.78. The van der Waals surface area contributed by atoms with Crippen LogP contribution in [0.5, 0.6) is 0 Å². The molecule has 5 heteroatoms. The van der Waals surface area contributed by atoms with E-state index in [1.165, 1.54) is 0 Å². The van der Waals surface area contributed by atoms with Gasteiger partial charge in [0.15, 0.2) is 0 Å². The van der Waals surface area contributed by atoms with Gasteiger partial charge in [-0.05, 0) is 38.0 Å². The zero-order valence-electron chi connectivity index (χ0n) is 19.2. The highest BCUT2D eigenvalue weighted by Gasteiger charge is 2.36. The minimum atomic E-state index is -0.310. The lowest BCUT2D eigenvalue weighted by Crippen LogP contribution is -2.32. The highest BCUT2D eigenvalue weighted by Crippen LogP contribution is 2.38. The van der Waals surface area contributed by atoms with Crippen LogP contribution < -0.4 is 0 Å². The van der Waals surface area contributed by atoms with Crippen molar-refractivity contribution in [2.45, 2.75) is 116 Å². The molecule has 1 saturated carbocycles. The number of carbonyl (C=O) groups excluding carboxylic acids is 2. The van der Waals surface area contributed by atoms with Crippen molar-refractivity contribution in [2.75, 3.05) is 12.4 Å². The quantitative estimate of drug-likeness (QED) is 0.243. The SMILES string of the molecule is CCCCC(C)(C)C(O)CSC1CCC(=O)C1CCCCCCCC(=O)OCC. The number of esters is 1. The van der Waals surface area contributed by atoms with E-state index < -0.39 is 0 Å². The summed E-state index contributed by atoms with van der Waals surface area (Å²) in [5.41, 5.74) is -0.0509. The molecule has 0 heterocycles. The summed E-state index contributed by atoms with van der Waals surface area (Å²) in [6.07, 6.45) is 11.5. The molecule has 0 spiro atoms. The molecule has 0 aromatic heterocycles. The van der Waals surface area contributed by atoms with Crippen molar-refractivity contribution in [3.63, 3.8) is 0 Å². The number of rotatable bonds is 16. The Kier molecular flexibility index (Phi) is 13.2. The van der Waals surface area contributed by atoms with Gasteiger partial charge in [-0.3, -0.25) is 9.59 Å². The first kappa shape index (κ1) is 26.5. The van der Waals surface area contributed by atoms with Crippen molar-refractivity contribution >= 4 is 23.5 Å². The van der Waals surface area contributed by atoms with Crippen molar-refractivity contribution in [2.24, 2.45) is 11.3 Å². The molecule has 3 unspecified atom stereocenters. The molecule has 29 heavy (non-hydrogen) atoms. The molecule has 1 aliphatic rings. The zero-order chi connectivity index (χ0) is 21.7. The summed E-state index contributed by atoms with van der Waals surface area (Å²) in [5.74, 6) is 1.23. The molecule has 1 rings (SSSR count). The number of aliphatic hydroxyl groups is 1. The number of Topliss-reactive ketones (excluding diaryl/α,β-unsaturated/α-hetero) is 1. The second-order valence-electron chi connectivity index (χ2n) is 9.20. The summed E-state index contributed by atoms with van der Waals surface area (Å²) in [7, 11) is 0. The average molecular weight is 429 g/mol. The molecule has 170 valence electrons. The van der Waals surface area contributed by atoms with E-state index in [4.69, 9.17) is 4.74 Å². The van der Waals surface area contributed by atoms with E-state index >= 15 is 0 Å². The largest absolute Gasteiger partial charge is 0.466 e. The summed E-state index contributed by atoms with van der Waals surface area (Å²) >= 11 is 1.82. The van der Waals surface area contributed by atoms with Crippen molar-refractivity contribution in [3.05, 3.63) is 0 Å². The lowest BCUT2D eigenvalue weighted by Gasteiger charge is -2.31. The van der Waals surface area contributed by atoms with Crippen LogP contribution in [0.15, 0.2) is 0 Å². The Morgan fingerprint density at radius 1 is 1.17 bits per heavy atom. The smallest absolute Gasteiger partial charge is 0.305 e. The molecule has 4 nitrogen and oxygen atoms in total. The fraction of sp³-hybridized carbons (Fsp3) is 0.917. The molecule has 0 radical (unpaired) electrons. The molecular formula is C24H44O4S. The summed E-state index contributed by atoms with van der Waals surface area (Å²) in [6, 6.07) is 0. The topological polar surface area (TPSA) is 63.6 Å². The van der Waals surface area contributed by atoms with Crippen molar-refractivity contribution in [1.82, 2.24) is 0 Å². The van der Waals surface area contributed by atoms with E-state index in [1.54, 1.807) is 0 Å². The number of carbonyl (C=O) groups is 2. The Balaban J connectivity index is 2.25. The van der Waals surface area contributed by atoms with E-state index in [2.05, 4.69) is 20.8 Å². The molecule has 0 amide bonds. The van der Waals surface area contributed by atoms with Crippen LogP contribution in [-0.4, -0.2) is 40.6 Å². The fourth-order valence-corrected chi connectivity index (χ4v) is 5.75. The maximum atomic E-state index is 12.3. The molecular weight excluding hydrogens is 384 g/mol. The summed E-state index contributed by atoms with van der Waals surface area (Å²) in [5, 5.41) is 11.0. The number of aliphatic hydroxyl groups excluding tert-OH is 1. The molecule has 1 N–H and O–H groups in total. The number of unbranched alkanes of at least 4 members (excludes halogenated alkanes) is 5. The van der Waals surface area contributed by atoms with Crippen LogP contribution in [0, 0.1) is 11.3 Å². The van der Waals surface area contributed by atoms with E-state index in [0.717, 1.165) is 70.0 Å². The first-order valence-corrected chi connectivity index (χ1v) is 12.8. The van der Waals surface area contributed by atoms with Gasteiger partial charge in [0, 0.05) is 29.8 Å². The molecule has 0 bridgehead atoms. The lowest BCUT2D eigenvalue weighted by atomic mass is 9.82.